The highest BCUT2D eigenvalue weighted by atomic mass is 16.5. The van der Waals surface area contributed by atoms with Crippen molar-refractivity contribution in [3.8, 4) is 5.75 Å². The van der Waals surface area contributed by atoms with Crippen molar-refractivity contribution in [2.24, 2.45) is 0 Å². The van der Waals surface area contributed by atoms with Gasteiger partial charge in [-0.05, 0) is 50.9 Å². The fourth-order valence-electron chi connectivity index (χ4n) is 4.78. The van der Waals surface area contributed by atoms with Crippen LogP contribution in [0.15, 0.2) is 24.3 Å². The Bertz CT molecular complexity index is 1000. The van der Waals surface area contributed by atoms with Crippen molar-refractivity contribution in [3.05, 3.63) is 46.9 Å². The summed E-state index contributed by atoms with van der Waals surface area (Å²) in [5, 5.41) is 0. The van der Waals surface area contributed by atoms with Gasteiger partial charge >= 0.3 is 0 Å². The van der Waals surface area contributed by atoms with E-state index >= 15 is 0 Å². The van der Waals surface area contributed by atoms with Gasteiger partial charge in [0.15, 0.2) is 5.82 Å². The lowest BCUT2D eigenvalue weighted by atomic mass is 10.00. The summed E-state index contributed by atoms with van der Waals surface area (Å²) in [4.78, 5) is 27.9. The molecule has 0 saturated carbocycles. The SMILES string of the molecule is CC(=O)N1CCC[C@@H]1c1nc(CN(C)Cc2ccc3c(c2)CC(C)(C)O3)cc(N(C)C)n1. The third kappa shape index (κ3) is 4.88. The second-order valence-electron chi connectivity index (χ2n) is 9.99. The number of carbonyl (C=O) groups excluding carboxylic acids is 1. The second-order valence-corrected chi connectivity index (χ2v) is 9.99. The Labute approximate surface area is 191 Å². The van der Waals surface area contributed by atoms with E-state index < -0.39 is 0 Å². The quantitative estimate of drug-likeness (QED) is 0.689. The Morgan fingerprint density at radius 2 is 1.97 bits per heavy atom. The van der Waals surface area contributed by atoms with Crippen LogP contribution in [0.5, 0.6) is 5.75 Å². The van der Waals surface area contributed by atoms with Crippen molar-refractivity contribution < 1.29 is 9.53 Å². The van der Waals surface area contributed by atoms with Gasteiger partial charge in [0.1, 0.15) is 17.2 Å². The van der Waals surface area contributed by atoms with Crippen molar-refractivity contribution in [2.75, 3.05) is 32.6 Å². The summed E-state index contributed by atoms with van der Waals surface area (Å²) in [5.74, 6) is 2.73. The summed E-state index contributed by atoms with van der Waals surface area (Å²) in [6.45, 7) is 8.21. The number of fused-ring (bicyclic) bond motifs is 1. The van der Waals surface area contributed by atoms with Crippen molar-refractivity contribution in [1.29, 1.82) is 0 Å². The number of amides is 1. The molecule has 1 aromatic heterocycles. The molecular formula is C25H35N5O2. The number of rotatable bonds is 6. The summed E-state index contributed by atoms with van der Waals surface area (Å²) in [7, 11) is 6.10. The smallest absolute Gasteiger partial charge is 0.220 e. The maximum absolute atomic E-state index is 12.1. The van der Waals surface area contributed by atoms with Crippen molar-refractivity contribution in [3.63, 3.8) is 0 Å². The molecule has 1 aromatic carbocycles. The molecule has 0 N–H and O–H groups in total. The Morgan fingerprint density at radius 1 is 1.19 bits per heavy atom. The standard InChI is InChI=1S/C25H35N5O2/c1-17(31)30-11-7-8-21(30)24-26-20(13-23(27-24)28(4)5)16-29(6)15-18-9-10-22-19(12-18)14-25(2,3)32-22/h9-10,12-13,21H,7-8,11,14-16H2,1-6H3/t21-/m1/s1. The molecule has 0 aliphatic carbocycles. The van der Waals surface area contributed by atoms with Crippen LogP contribution in [-0.2, 0) is 24.3 Å². The van der Waals surface area contributed by atoms with E-state index in [2.05, 4.69) is 44.0 Å². The molecule has 32 heavy (non-hydrogen) atoms. The molecule has 172 valence electrons. The lowest BCUT2D eigenvalue weighted by Crippen LogP contribution is -2.30. The van der Waals surface area contributed by atoms with Gasteiger partial charge in [0.2, 0.25) is 5.91 Å². The van der Waals surface area contributed by atoms with E-state index in [1.165, 1.54) is 11.1 Å². The molecule has 3 heterocycles. The Morgan fingerprint density at radius 3 is 2.69 bits per heavy atom. The third-order valence-corrected chi connectivity index (χ3v) is 6.21. The zero-order valence-electron chi connectivity index (χ0n) is 20.2. The van der Waals surface area contributed by atoms with Gasteiger partial charge in [-0.3, -0.25) is 9.69 Å². The predicted molar refractivity (Wildman–Crippen MR) is 126 cm³/mol. The zero-order chi connectivity index (χ0) is 23.0. The molecule has 2 aliphatic heterocycles. The minimum atomic E-state index is -0.124. The summed E-state index contributed by atoms with van der Waals surface area (Å²) >= 11 is 0. The highest BCUT2D eigenvalue weighted by Crippen LogP contribution is 2.35. The van der Waals surface area contributed by atoms with Gasteiger partial charge in [-0.15, -0.1) is 0 Å². The Kier molecular flexibility index (Phi) is 6.12. The van der Waals surface area contributed by atoms with Crippen LogP contribution in [0.4, 0.5) is 5.82 Å². The molecule has 1 saturated heterocycles. The molecule has 2 aliphatic rings. The molecule has 0 unspecified atom stereocenters. The van der Waals surface area contributed by atoms with Crippen molar-refractivity contribution in [2.45, 2.75) is 64.8 Å². The topological polar surface area (TPSA) is 61.8 Å². The highest BCUT2D eigenvalue weighted by molar-refractivity contribution is 5.74. The summed E-state index contributed by atoms with van der Waals surface area (Å²) in [5.41, 5.74) is 3.40. The van der Waals surface area contributed by atoms with E-state index in [-0.39, 0.29) is 17.6 Å². The largest absolute Gasteiger partial charge is 0.487 e. The number of nitrogens with zero attached hydrogens (tertiary/aromatic N) is 5. The van der Waals surface area contributed by atoms with E-state index in [4.69, 9.17) is 14.7 Å². The number of hydrogen-bond acceptors (Lipinski definition) is 6. The van der Waals surface area contributed by atoms with Crippen molar-refractivity contribution >= 4 is 11.7 Å². The van der Waals surface area contributed by atoms with Gasteiger partial charge in [-0.1, -0.05) is 12.1 Å². The van der Waals surface area contributed by atoms with Crippen LogP contribution in [0.2, 0.25) is 0 Å². The van der Waals surface area contributed by atoms with Gasteiger partial charge in [-0.2, -0.15) is 0 Å². The summed E-state index contributed by atoms with van der Waals surface area (Å²) in [6, 6.07) is 8.52. The van der Waals surface area contributed by atoms with Gasteiger partial charge < -0.3 is 14.5 Å². The van der Waals surface area contributed by atoms with Gasteiger partial charge in [0.05, 0.1) is 11.7 Å². The van der Waals surface area contributed by atoms with Crippen LogP contribution >= 0.6 is 0 Å². The lowest BCUT2D eigenvalue weighted by Gasteiger charge is -2.24. The molecule has 7 heteroatoms. The number of benzene rings is 1. The molecule has 1 amide bonds. The van der Waals surface area contributed by atoms with Crippen LogP contribution in [0.25, 0.3) is 0 Å². The molecular weight excluding hydrogens is 402 g/mol. The number of hydrogen-bond donors (Lipinski definition) is 0. The predicted octanol–water partition coefficient (Wildman–Crippen LogP) is 3.57. The van der Waals surface area contributed by atoms with E-state index in [1.807, 2.05) is 30.0 Å². The highest BCUT2D eigenvalue weighted by Gasteiger charge is 2.31. The molecule has 0 spiro atoms. The molecule has 4 rings (SSSR count). The zero-order valence-corrected chi connectivity index (χ0v) is 20.2. The first-order valence-electron chi connectivity index (χ1n) is 11.4. The number of likely N-dealkylation sites (tertiary alicyclic amines) is 1. The average molecular weight is 438 g/mol. The number of carbonyl (C=O) groups is 1. The fourth-order valence-corrected chi connectivity index (χ4v) is 4.78. The molecule has 0 bridgehead atoms. The second kappa shape index (κ2) is 8.70. The van der Waals surface area contributed by atoms with Crippen LogP contribution in [0.3, 0.4) is 0 Å². The fraction of sp³-hybridized carbons (Fsp3) is 0.560. The van der Waals surface area contributed by atoms with Crippen LogP contribution in [0.1, 0.15) is 62.3 Å². The molecule has 1 atom stereocenters. The van der Waals surface area contributed by atoms with Crippen LogP contribution in [0, 0.1) is 0 Å². The number of anilines is 1. The average Bonchev–Trinajstić information content (AvgIpc) is 3.30. The van der Waals surface area contributed by atoms with Gasteiger partial charge in [-0.25, -0.2) is 9.97 Å². The minimum Gasteiger partial charge on any atom is -0.487 e. The van der Waals surface area contributed by atoms with E-state index in [0.717, 1.165) is 55.4 Å². The molecule has 0 radical (unpaired) electrons. The van der Waals surface area contributed by atoms with Gasteiger partial charge in [0, 0.05) is 53.1 Å². The van der Waals surface area contributed by atoms with E-state index in [1.54, 1.807) is 6.92 Å². The molecule has 7 nitrogen and oxygen atoms in total. The van der Waals surface area contributed by atoms with Crippen LogP contribution in [-0.4, -0.2) is 59.0 Å². The number of ether oxygens (including phenoxy) is 1. The normalized spacial score (nSPS) is 19.2. The maximum Gasteiger partial charge on any atom is 0.220 e. The first-order chi connectivity index (χ1) is 15.1. The van der Waals surface area contributed by atoms with Crippen molar-refractivity contribution in [1.82, 2.24) is 19.8 Å². The Balaban J connectivity index is 1.51. The minimum absolute atomic E-state index is 0.0310. The van der Waals surface area contributed by atoms with E-state index in [9.17, 15) is 4.79 Å². The summed E-state index contributed by atoms with van der Waals surface area (Å²) < 4.78 is 6.01. The lowest BCUT2D eigenvalue weighted by molar-refractivity contribution is -0.129. The first kappa shape index (κ1) is 22.5. The number of aromatic nitrogens is 2. The monoisotopic (exact) mass is 437 g/mol. The third-order valence-electron chi connectivity index (χ3n) is 6.21. The molecule has 1 fully saturated rings. The van der Waals surface area contributed by atoms with Gasteiger partial charge in [0.25, 0.3) is 0 Å². The first-order valence-corrected chi connectivity index (χ1v) is 11.4. The Hall–Kier alpha value is -2.67. The molecule has 2 aromatic rings. The maximum atomic E-state index is 12.1. The van der Waals surface area contributed by atoms with E-state index in [0.29, 0.717) is 6.54 Å². The summed E-state index contributed by atoms with van der Waals surface area (Å²) in [6.07, 6.45) is 2.85. The van der Waals surface area contributed by atoms with Crippen LogP contribution < -0.4 is 9.64 Å².